The van der Waals surface area contributed by atoms with Gasteiger partial charge < -0.3 is 15.4 Å². The molecule has 2 N–H and O–H groups in total. The van der Waals surface area contributed by atoms with E-state index < -0.39 is 0 Å². The van der Waals surface area contributed by atoms with Gasteiger partial charge in [-0.15, -0.1) is 0 Å². The molecule has 0 bridgehead atoms. The first-order valence-corrected chi connectivity index (χ1v) is 9.11. The molecule has 2 amide bonds. The van der Waals surface area contributed by atoms with Gasteiger partial charge in [0.05, 0.1) is 19.6 Å². The van der Waals surface area contributed by atoms with E-state index in [0.29, 0.717) is 11.8 Å². The summed E-state index contributed by atoms with van der Waals surface area (Å²) in [6.45, 7) is 5.93. The summed E-state index contributed by atoms with van der Waals surface area (Å²) in [4.78, 5) is 24.1. The first-order valence-electron chi connectivity index (χ1n) is 9.11. The summed E-state index contributed by atoms with van der Waals surface area (Å²) in [7, 11) is 1.61. The second-order valence-corrected chi connectivity index (χ2v) is 7.17. The van der Waals surface area contributed by atoms with Crippen molar-refractivity contribution in [3.63, 3.8) is 0 Å². The molecule has 0 radical (unpaired) electrons. The molecule has 1 aromatic carbocycles. The van der Waals surface area contributed by atoms with Gasteiger partial charge in [-0.1, -0.05) is 38.8 Å². The zero-order chi connectivity index (χ0) is 18.4. The molecule has 5 heteroatoms. The highest BCUT2D eigenvalue weighted by molar-refractivity contribution is 5.79. The summed E-state index contributed by atoms with van der Waals surface area (Å²) in [5, 5.41) is 6.06. The summed E-state index contributed by atoms with van der Waals surface area (Å²) in [6, 6.07) is 7.35. The highest BCUT2D eigenvalue weighted by Gasteiger charge is 2.29. The second kappa shape index (κ2) is 8.88. The lowest BCUT2D eigenvalue weighted by atomic mass is 9.78. The molecule has 1 aliphatic carbocycles. The SMILES string of the molecule is COc1ccc(C(CC(=O)NC2CCCC(C)C2C)NC(C)=O)cc1. The highest BCUT2D eigenvalue weighted by Crippen LogP contribution is 2.30. The molecule has 138 valence electrons. The van der Waals surface area contributed by atoms with Gasteiger partial charge in [0.2, 0.25) is 11.8 Å². The van der Waals surface area contributed by atoms with E-state index in [1.54, 1.807) is 7.11 Å². The van der Waals surface area contributed by atoms with Crippen LogP contribution in [0.25, 0.3) is 0 Å². The van der Waals surface area contributed by atoms with Crippen molar-refractivity contribution in [2.24, 2.45) is 11.8 Å². The van der Waals surface area contributed by atoms with Gasteiger partial charge in [0.1, 0.15) is 5.75 Å². The number of rotatable bonds is 6. The van der Waals surface area contributed by atoms with Crippen molar-refractivity contribution in [1.82, 2.24) is 10.6 Å². The molecule has 0 aliphatic heterocycles. The Morgan fingerprint density at radius 2 is 1.88 bits per heavy atom. The van der Waals surface area contributed by atoms with Crippen LogP contribution in [0.1, 0.15) is 58.1 Å². The molecule has 2 rings (SSSR count). The van der Waals surface area contributed by atoms with Crippen LogP contribution in [0.2, 0.25) is 0 Å². The van der Waals surface area contributed by atoms with Gasteiger partial charge in [-0.3, -0.25) is 9.59 Å². The molecule has 25 heavy (non-hydrogen) atoms. The first-order chi connectivity index (χ1) is 11.9. The van der Waals surface area contributed by atoms with Gasteiger partial charge >= 0.3 is 0 Å². The van der Waals surface area contributed by atoms with Crippen LogP contribution in [0, 0.1) is 11.8 Å². The molecule has 0 saturated heterocycles. The number of benzene rings is 1. The van der Waals surface area contributed by atoms with Gasteiger partial charge in [0, 0.05) is 13.0 Å². The van der Waals surface area contributed by atoms with Crippen LogP contribution >= 0.6 is 0 Å². The Labute approximate surface area is 150 Å². The van der Waals surface area contributed by atoms with Crippen LogP contribution in [0.5, 0.6) is 5.75 Å². The van der Waals surface area contributed by atoms with Crippen LogP contribution in [0.15, 0.2) is 24.3 Å². The van der Waals surface area contributed by atoms with Crippen LogP contribution in [0.4, 0.5) is 0 Å². The summed E-state index contributed by atoms with van der Waals surface area (Å²) >= 11 is 0. The van der Waals surface area contributed by atoms with Crippen molar-refractivity contribution >= 4 is 11.8 Å². The smallest absolute Gasteiger partial charge is 0.222 e. The third-order valence-electron chi connectivity index (χ3n) is 5.34. The number of methoxy groups -OCH3 is 1. The van der Waals surface area contributed by atoms with Crippen molar-refractivity contribution in [2.45, 2.75) is 58.5 Å². The monoisotopic (exact) mass is 346 g/mol. The number of ether oxygens (including phenoxy) is 1. The number of amides is 2. The Hall–Kier alpha value is -2.04. The first kappa shape index (κ1) is 19.3. The molecule has 1 fully saturated rings. The fourth-order valence-electron chi connectivity index (χ4n) is 3.57. The van der Waals surface area contributed by atoms with E-state index in [2.05, 4.69) is 24.5 Å². The minimum Gasteiger partial charge on any atom is -0.497 e. The third-order valence-corrected chi connectivity index (χ3v) is 5.34. The zero-order valence-electron chi connectivity index (χ0n) is 15.7. The van der Waals surface area contributed by atoms with E-state index in [9.17, 15) is 9.59 Å². The van der Waals surface area contributed by atoms with Gasteiger partial charge in [0.15, 0.2) is 0 Å². The summed E-state index contributed by atoms with van der Waals surface area (Å²) in [6.07, 6.45) is 3.66. The summed E-state index contributed by atoms with van der Waals surface area (Å²) in [5.74, 6) is 1.71. The number of nitrogens with one attached hydrogen (secondary N) is 2. The Balaban J connectivity index is 2.02. The van der Waals surface area contributed by atoms with Crippen molar-refractivity contribution < 1.29 is 14.3 Å². The third kappa shape index (κ3) is 5.48. The standard InChI is InChI=1S/C20H30N2O3/c1-13-6-5-7-18(14(13)2)22-20(24)12-19(21-15(3)23)16-8-10-17(25-4)11-9-16/h8-11,13-14,18-19H,5-7,12H2,1-4H3,(H,21,23)(H,22,24). The second-order valence-electron chi connectivity index (χ2n) is 7.17. The predicted molar refractivity (Wildman–Crippen MR) is 98.3 cm³/mol. The van der Waals surface area contributed by atoms with Crippen molar-refractivity contribution in [3.8, 4) is 5.75 Å². The zero-order valence-corrected chi connectivity index (χ0v) is 15.7. The molecule has 1 aliphatic rings. The normalized spacial score (nSPS) is 24.2. The fourth-order valence-corrected chi connectivity index (χ4v) is 3.57. The van der Waals surface area contributed by atoms with Gasteiger partial charge in [0.25, 0.3) is 0 Å². The number of hydrogen-bond donors (Lipinski definition) is 2. The van der Waals surface area contributed by atoms with Crippen LogP contribution in [-0.4, -0.2) is 25.0 Å². The topological polar surface area (TPSA) is 67.4 Å². The van der Waals surface area contributed by atoms with Crippen LogP contribution < -0.4 is 15.4 Å². The largest absolute Gasteiger partial charge is 0.497 e. The number of carbonyl (C=O) groups is 2. The lowest BCUT2D eigenvalue weighted by Gasteiger charge is -2.35. The van der Waals surface area contributed by atoms with Gasteiger partial charge in [-0.2, -0.15) is 0 Å². The molecule has 5 nitrogen and oxygen atoms in total. The Morgan fingerprint density at radius 3 is 2.48 bits per heavy atom. The maximum atomic E-state index is 12.6. The maximum absolute atomic E-state index is 12.6. The van der Waals surface area contributed by atoms with E-state index in [-0.39, 0.29) is 30.3 Å². The quantitative estimate of drug-likeness (QED) is 0.831. The van der Waals surface area contributed by atoms with Crippen molar-refractivity contribution in [2.75, 3.05) is 7.11 Å². The van der Waals surface area contributed by atoms with E-state index in [1.807, 2.05) is 24.3 Å². The lowest BCUT2D eigenvalue weighted by Crippen LogP contribution is -2.44. The Morgan fingerprint density at radius 1 is 1.20 bits per heavy atom. The average Bonchev–Trinajstić information content (AvgIpc) is 2.58. The molecule has 1 saturated carbocycles. The maximum Gasteiger partial charge on any atom is 0.222 e. The number of hydrogen-bond acceptors (Lipinski definition) is 3. The lowest BCUT2D eigenvalue weighted by molar-refractivity contribution is -0.123. The van der Waals surface area contributed by atoms with Gasteiger partial charge in [-0.25, -0.2) is 0 Å². The summed E-state index contributed by atoms with van der Waals surface area (Å²) in [5.41, 5.74) is 0.899. The van der Waals surface area contributed by atoms with E-state index in [4.69, 9.17) is 4.74 Å². The average molecular weight is 346 g/mol. The minimum atomic E-state index is -0.334. The molecular formula is C20H30N2O3. The highest BCUT2D eigenvalue weighted by atomic mass is 16.5. The van der Waals surface area contributed by atoms with E-state index in [1.165, 1.54) is 13.3 Å². The molecule has 4 atom stereocenters. The van der Waals surface area contributed by atoms with E-state index in [0.717, 1.165) is 24.2 Å². The Kier molecular flexibility index (Phi) is 6.85. The van der Waals surface area contributed by atoms with Crippen LogP contribution in [0.3, 0.4) is 0 Å². The van der Waals surface area contributed by atoms with Crippen molar-refractivity contribution in [1.29, 1.82) is 0 Å². The molecule has 0 aromatic heterocycles. The number of carbonyl (C=O) groups excluding carboxylic acids is 2. The minimum absolute atomic E-state index is 0.0134. The molecule has 0 heterocycles. The van der Waals surface area contributed by atoms with Crippen LogP contribution in [-0.2, 0) is 9.59 Å². The predicted octanol–water partition coefficient (Wildman–Crippen LogP) is 3.20. The molecule has 4 unspecified atom stereocenters. The van der Waals surface area contributed by atoms with Crippen molar-refractivity contribution in [3.05, 3.63) is 29.8 Å². The Bertz CT molecular complexity index is 585. The fraction of sp³-hybridized carbons (Fsp3) is 0.600. The van der Waals surface area contributed by atoms with Gasteiger partial charge in [-0.05, 0) is 36.0 Å². The van der Waals surface area contributed by atoms with E-state index >= 15 is 0 Å². The summed E-state index contributed by atoms with van der Waals surface area (Å²) < 4.78 is 5.17. The molecule has 0 spiro atoms. The molecular weight excluding hydrogens is 316 g/mol. The molecule has 1 aromatic rings.